The van der Waals surface area contributed by atoms with E-state index >= 15 is 0 Å². The van der Waals surface area contributed by atoms with Crippen LogP contribution in [-0.4, -0.2) is 49.0 Å². The number of anilines is 1. The lowest BCUT2D eigenvalue weighted by molar-refractivity contribution is 0.0577. The van der Waals surface area contributed by atoms with Gasteiger partial charge in [-0.15, -0.1) is 24.0 Å². The van der Waals surface area contributed by atoms with Gasteiger partial charge in [-0.1, -0.05) is 12.1 Å². The Morgan fingerprint density at radius 1 is 1.25 bits per heavy atom. The van der Waals surface area contributed by atoms with Gasteiger partial charge in [-0.25, -0.2) is 4.79 Å². The van der Waals surface area contributed by atoms with Gasteiger partial charge in [0.25, 0.3) is 0 Å². The Hall–Kier alpha value is -1.55. The van der Waals surface area contributed by atoms with Crippen LogP contribution in [-0.2, 0) is 16.0 Å². The van der Waals surface area contributed by atoms with Crippen LogP contribution in [0.25, 0.3) is 0 Å². The van der Waals surface area contributed by atoms with Crippen molar-refractivity contribution in [2.24, 2.45) is 4.99 Å². The van der Waals surface area contributed by atoms with E-state index in [4.69, 9.17) is 9.47 Å². The van der Waals surface area contributed by atoms with Crippen molar-refractivity contribution < 1.29 is 14.3 Å². The maximum absolute atomic E-state index is 12.8. The SMILES string of the molecule is CN=C(NCc1ccc(N(C(=O)OC(C)(C)C)C2CC2)c(C)c1)NC1CC2CCC1O2.I. The molecule has 2 aliphatic heterocycles. The van der Waals surface area contributed by atoms with Gasteiger partial charge in [-0.3, -0.25) is 9.89 Å². The van der Waals surface area contributed by atoms with Crippen LogP contribution >= 0.6 is 24.0 Å². The molecule has 3 aliphatic rings. The number of hydrogen-bond acceptors (Lipinski definition) is 4. The topological polar surface area (TPSA) is 75.2 Å². The Kier molecular flexibility index (Phi) is 7.96. The Bertz CT molecular complexity index is 850. The molecule has 4 rings (SSSR count). The van der Waals surface area contributed by atoms with Crippen LogP contribution in [0.15, 0.2) is 23.2 Å². The maximum atomic E-state index is 12.8. The lowest BCUT2D eigenvalue weighted by atomic mass is 9.96. The Balaban J connectivity index is 0.00000289. The number of benzene rings is 1. The first-order chi connectivity index (χ1) is 14.7. The first kappa shape index (κ1) is 25.1. The summed E-state index contributed by atoms with van der Waals surface area (Å²) in [4.78, 5) is 19.0. The van der Waals surface area contributed by atoms with E-state index in [2.05, 4.69) is 34.7 Å². The molecule has 32 heavy (non-hydrogen) atoms. The third kappa shape index (κ3) is 6.07. The molecule has 2 heterocycles. The summed E-state index contributed by atoms with van der Waals surface area (Å²) in [5, 5.41) is 6.93. The minimum absolute atomic E-state index is 0. The van der Waals surface area contributed by atoms with E-state index < -0.39 is 5.60 Å². The van der Waals surface area contributed by atoms with E-state index in [0.717, 1.165) is 48.5 Å². The second kappa shape index (κ2) is 10.2. The molecule has 0 aromatic heterocycles. The minimum atomic E-state index is -0.505. The molecule has 1 aromatic carbocycles. The largest absolute Gasteiger partial charge is 0.443 e. The quantitative estimate of drug-likeness (QED) is 0.318. The summed E-state index contributed by atoms with van der Waals surface area (Å²) in [6.45, 7) is 8.43. The van der Waals surface area contributed by atoms with Crippen molar-refractivity contribution in [2.75, 3.05) is 11.9 Å². The van der Waals surface area contributed by atoms with Crippen molar-refractivity contribution in [1.82, 2.24) is 10.6 Å². The van der Waals surface area contributed by atoms with E-state index in [1.165, 1.54) is 6.42 Å². The van der Waals surface area contributed by atoms with E-state index in [1.54, 1.807) is 7.05 Å². The van der Waals surface area contributed by atoms with E-state index in [0.29, 0.717) is 24.8 Å². The number of ether oxygens (including phenoxy) is 2. The number of fused-ring (bicyclic) bond motifs is 2. The predicted molar refractivity (Wildman–Crippen MR) is 138 cm³/mol. The summed E-state index contributed by atoms with van der Waals surface area (Å²) in [6, 6.07) is 6.83. The lowest BCUT2D eigenvalue weighted by Crippen LogP contribution is -2.47. The second-order valence-electron chi connectivity index (χ2n) is 9.99. The molecule has 1 saturated carbocycles. The highest BCUT2D eigenvalue weighted by Crippen LogP contribution is 2.36. The monoisotopic (exact) mass is 556 g/mol. The third-order valence-corrected chi connectivity index (χ3v) is 6.13. The first-order valence-corrected chi connectivity index (χ1v) is 11.5. The van der Waals surface area contributed by atoms with Crippen molar-refractivity contribution in [3.8, 4) is 0 Å². The van der Waals surface area contributed by atoms with Crippen LogP contribution in [0.3, 0.4) is 0 Å². The molecule has 2 saturated heterocycles. The van der Waals surface area contributed by atoms with Gasteiger partial charge in [0.1, 0.15) is 5.60 Å². The highest BCUT2D eigenvalue weighted by Gasteiger charge is 2.41. The summed E-state index contributed by atoms with van der Waals surface area (Å²) in [5.74, 6) is 0.802. The fourth-order valence-corrected chi connectivity index (χ4v) is 4.53. The molecular formula is C24H37IN4O3. The number of halogens is 1. The fourth-order valence-electron chi connectivity index (χ4n) is 4.53. The molecule has 178 valence electrons. The number of nitrogens with one attached hydrogen (secondary N) is 2. The zero-order chi connectivity index (χ0) is 22.2. The second-order valence-corrected chi connectivity index (χ2v) is 9.99. The van der Waals surface area contributed by atoms with Gasteiger partial charge in [-0.05, 0) is 77.0 Å². The summed E-state index contributed by atoms with van der Waals surface area (Å²) >= 11 is 0. The van der Waals surface area contributed by atoms with E-state index in [9.17, 15) is 4.79 Å². The molecule has 0 spiro atoms. The fraction of sp³-hybridized carbons (Fsp3) is 0.667. The van der Waals surface area contributed by atoms with Crippen LogP contribution in [0.2, 0.25) is 0 Å². The highest BCUT2D eigenvalue weighted by molar-refractivity contribution is 14.0. The van der Waals surface area contributed by atoms with Gasteiger partial charge in [0.05, 0.1) is 23.9 Å². The van der Waals surface area contributed by atoms with Crippen molar-refractivity contribution >= 4 is 41.7 Å². The molecule has 2 N–H and O–H groups in total. The summed E-state index contributed by atoms with van der Waals surface area (Å²) in [5.41, 5.74) is 2.64. The normalized spacial score (nSPS) is 24.7. The van der Waals surface area contributed by atoms with Crippen molar-refractivity contribution in [2.45, 2.75) is 96.2 Å². The summed E-state index contributed by atoms with van der Waals surface area (Å²) < 4.78 is 11.6. The predicted octanol–water partition coefficient (Wildman–Crippen LogP) is 4.50. The molecule has 3 fully saturated rings. The molecule has 8 heteroatoms. The molecular weight excluding hydrogens is 519 g/mol. The number of guanidine groups is 1. The zero-order valence-electron chi connectivity index (χ0n) is 19.8. The van der Waals surface area contributed by atoms with Gasteiger partial charge in [0.2, 0.25) is 0 Å². The van der Waals surface area contributed by atoms with Crippen LogP contribution in [0, 0.1) is 6.92 Å². The lowest BCUT2D eigenvalue weighted by Gasteiger charge is -2.28. The molecule has 7 nitrogen and oxygen atoms in total. The molecule has 3 atom stereocenters. The number of rotatable bonds is 5. The Morgan fingerprint density at radius 2 is 2.00 bits per heavy atom. The number of aliphatic imine (C=N–C) groups is 1. The standard InChI is InChI=1S/C24H36N4O3.HI/c1-15-12-16(14-26-22(25-5)27-19-13-18-9-11-21(19)30-18)6-10-20(15)28(17-7-8-17)23(29)31-24(2,3)4;/h6,10,12,17-19,21H,7-9,11,13-14H2,1-5H3,(H2,25,26,27);1H. The maximum Gasteiger partial charge on any atom is 0.415 e. The van der Waals surface area contributed by atoms with Gasteiger partial charge in [0, 0.05) is 19.6 Å². The van der Waals surface area contributed by atoms with E-state index in [1.807, 2.05) is 31.7 Å². The average Bonchev–Trinajstić information content (AvgIpc) is 3.30. The van der Waals surface area contributed by atoms with Crippen LogP contribution in [0.1, 0.15) is 64.0 Å². The number of amides is 1. The Morgan fingerprint density at radius 3 is 2.53 bits per heavy atom. The first-order valence-electron chi connectivity index (χ1n) is 11.5. The van der Waals surface area contributed by atoms with Crippen molar-refractivity contribution in [3.63, 3.8) is 0 Å². The molecule has 1 amide bonds. The summed E-state index contributed by atoms with van der Waals surface area (Å²) in [7, 11) is 1.80. The zero-order valence-corrected chi connectivity index (χ0v) is 22.1. The molecule has 0 radical (unpaired) electrons. The molecule has 2 bridgehead atoms. The number of nitrogens with zero attached hydrogens (tertiary/aromatic N) is 2. The number of hydrogen-bond donors (Lipinski definition) is 2. The van der Waals surface area contributed by atoms with Crippen LogP contribution in [0.5, 0.6) is 0 Å². The van der Waals surface area contributed by atoms with Crippen molar-refractivity contribution in [1.29, 1.82) is 0 Å². The van der Waals surface area contributed by atoms with Gasteiger partial charge < -0.3 is 20.1 Å². The number of carbonyl (C=O) groups is 1. The molecule has 1 aliphatic carbocycles. The average molecular weight is 556 g/mol. The number of aryl methyl sites for hydroxylation is 1. The summed E-state index contributed by atoms with van der Waals surface area (Å²) in [6.07, 6.45) is 5.88. The van der Waals surface area contributed by atoms with E-state index in [-0.39, 0.29) is 36.1 Å². The van der Waals surface area contributed by atoms with Crippen molar-refractivity contribution in [3.05, 3.63) is 29.3 Å². The number of carbonyl (C=O) groups excluding carboxylic acids is 1. The minimum Gasteiger partial charge on any atom is -0.443 e. The van der Waals surface area contributed by atoms with Crippen LogP contribution in [0.4, 0.5) is 10.5 Å². The molecule has 1 aromatic rings. The smallest absolute Gasteiger partial charge is 0.415 e. The Labute approximate surface area is 208 Å². The highest BCUT2D eigenvalue weighted by atomic mass is 127. The van der Waals surface area contributed by atoms with Gasteiger partial charge >= 0.3 is 6.09 Å². The molecule has 3 unspecified atom stereocenters. The van der Waals surface area contributed by atoms with Gasteiger partial charge in [0.15, 0.2) is 5.96 Å². The van der Waals surface area contributed by atoms with Gasteiger partial charge in [-0.2, -0.15) is 0 Å². The third-order valence-electron chi connectivity index (χ3n) is 6.13. The van der Waals surface area contributed by atoms with Crippen LogP contribution < -0.4 is 15.5 Å².